The van der Waals surface area contributed by atoms with Gasteiger partial charge in [-0.1, -0.05) is 30.3 Å². The average Bonchev–Trinajstić information content (AvgIpc) is 3.35. The summed E-state index contributed by atoms with van der Waals surface area (Å²) >= 11 is 0. The number of rotatable bonds is 2. The zero-order valence-electron chi connectivity index (χ0n) is 14.7. The van der Waals surface area contributed by atoms with Gasteiger partial charge in [-0.15, -0.1) is 0 Å². The van der Waals surface area contributed by atoms with Crippen LogP contribution in [0.2, 0.25) is 0 Å². The summed E-state index contributed by atoms with van der Waals surface area (Å²) < 4.78 is 0. The van der Waals surface area contributed by atoms with Crippen LogP contribution in [0.5, 0.6) is 0 Å². The number of nitrogens with zero attached hydrogens (tertiary/aromatic N) is 4. The summed E-state index contributed by atoms with van der Waals surface area (Å²) in [5, 5.41) is 8.24. The Labute approximate surface area is 151 Å². The topological polar surface area (TPSA) is 65.1 Å². The number of anilines is 1. The van der Waals surface area contributed by atoms with Crippen LogP contribution >= 0.6 is 0 Å². The molecule has 0 unspecified atom stereocenters. The van der Waals surface area contributed by atoms with Gasteiger partial charge in [-0.2, -0.15) is 5.10 Å². The highest BCUT2D eigenvalue weighted by atomic mass is 16.2. The molecule has 132 valence electrons. The second-order valence-corrected chi connectivity index (χ2v) is 7.32. The van der Waals surface area contributed by atoms with E-state index in [1.807, 2.05) is 29.4 Å². The number of carbonyl (C=O) groups is 1. The summed E-state index contributed by atoms with van der Waals surface area (Å²) in [6.07, 6.45) is 3.68. The van der Waals surface area contributed by atoms with Gasteiger partial charge in [0.2, 0.25) is 5.91 Å². The molecule has 0 bridgehead atoms. The number of carbonyl (C=O) groups excluding carboxylic acids is 1. The summed E-state index contributed by atoms with van der Waals surface area (Å²) in [6, 6.07) is 12.5. The van der Waals surface area contributed by atoms with E-state index in [1.54, 1.807) is 6.92 Å². The van der Waals surface area contributed by atoms with E-state index in [2.05, 4.69) is 44.3 Å². The number of benzene rings is 1. The Morgan fingerprint density at radius 1 is 1.15 bits per heavy atom. The highest BCUT2D eigenvalue weighted by Gasteiger charge is 2.48. The number of pyridine rings is 1. The first-order valence-electron chi connectivity index (χ1n) is 9.07. The minimum Gasteiger partial charge on any atom is -0.355 e. The van der Waals surface area contributed by atoms with Crippen LogP contribution in [0.25, 0.3) is 10.9 Å². The number of nitrogens with one attached hydrogen (secondary N) is 1. The predicted octanol–water partition coefficient (Wildman–Crippen LogP) is 2.61. The molecule has 2 fully saturated rings. The molecular weight excluding hydrogens is 326 g/mol. The average molecular weight is 347 g/mol. The minimum atomic E-state index is 0.146. The van der Waals surface area contributed by atoms with Crippen LogP contribution in [-0.4, -0.2) is 45.6 Å². The number of aromatic amines is 1. The summed E-state index contributed by atoms with van der Waals surface area (Å²) in [7, 11) is 0. The monoisotopic (exact) mass is 347 g/mol. The van der Waals surface area contributed by atoms with Crippen molar-refractivity contribution < 1.29 is 4.79 Å². The van der Waals surface area contributed by atoms with Crippen molar-refractivity contribution >= 4 is 22.6 Å². The zero-order chi connectivity index (χ0) is 17.7. The van der Waals surface area contributed by atoms with Crippen LogP contribution in [0.1, 0.15) is 18.5 Å². The molecule has 2 aromatic heterocycles. The lowest BCUT2D eigenvalue weighted by atomic mass is 9.89. The van der Waals surface area contributed by atoms with Crippen molar-refractivity contribution in [1.82, 2.24) is 20.1 Å². The molecule has 1 N–H and O–H groups in total. The molecular formula is C20H21N5O. The van der Waals surface area contributed by atoms with E-state index in [0.717, 1.165) is 36.4 Å². The van der Waals surface area contributed by atoms with Gasteiger partial charge in [0.25, 0.3) is 0 Å². The maximum atomic E-state index is 12.2. The van der Waals surface area contributed by atoms with Crippen LogP contribution in [-0.2, 0) is 4.79 Å². The van der Waals surface area contributed by atoms with Crippen LogP contribution in [0.3, 0.4) is 0 Å². The Hall–Kier alpha value is -2.89. The van der Waals surface area contributed by atoms with E-state index in [4.69, 9.17) is 0 Å². The SMILES string of the molecule is CC(=O)N1C[C@H]2CN(c3nccc4[nH]ncc34)C[C@H]2[C@H]1c1ccccc1. The summed E-state index contributed by atoms with van der Waals surface area (Å²) in [4.78, 5) is 21.3. The molecule has 2 aliphatic rings. The molecule has 1 aromatic carbocycles. The van der Waals surface area contributed by atoms with E-state index < -0.39 is 0 Å². The number of fused-ring (bicyclic) bond motifs is 2. The zero-order valence-corrected chi connectivity index (χ0v) is 14.7. The molecule has 26 heavy (non-hydrogen) atoms. The third-order valence-electron chi connectivity index (χ3n) is 5.86. The van der Waals surface area contributed by atoms with Crippen molar-refractivity contribution in [3.05, 3.63) is 54.4 Å². The molecule has 4 heterocycles. The van der Waals surface area contributed by atoms with Crippen LogP contribution in [0, 0.1) is 11.8 Å². The minimum absolute atomic E-state index is 0.146. The lowest BCUT2D eigenvalue weighted by Gasteiger charge is -2.29. The summed E-state index contributed by atoms with van der Waals surface area (Å²) in [6.45, 7) is 4.33. The van der Waals surface area contributed by atoms with E-state index in [-0.39, 0.29) is 11.9 Å². The Kier molecular flexibility index (Phi) is 3.45. The third kappa shape index (κ3) is 2.29. The van der Waals surface area contributed by atoms with Gasteiger partial charge < -0.3 is 9.80 Å². The molecule has 0 spiro atoms. The van der Waals surface area contributed by atoms with Gasteiger partial charge >= 0.3 is 0 Å². The molecule has 1 amide bonds. The van der Waals surface area contributed by atoms with Crippen molar-refractivity contribution in [1.29, 1.82) is 0 Å². The largest absolute Gasteiger partial charge is 0.355 e. The fraction of sp³-hybridized carbons (Fsp3) is 0.350. The number of amides is 1. The molecule has 5 rings (SSSR count). The Morgan fingerprint density at radius 2 is 2.00 bits per heavy atom. The third-order valence-corrected chi connectivity index (χ3v) is 5.86. The summed E-state index contributed by atoms with van der Waals surface area (Å²) in [5.41, 5.74) is 2.24. The molecule has 0 saturated carbocycles. The van der Waals surface area contributed by atoms with Gasteiger partial charge in [0.15, 0.2) is 0 Å². The van der Waals surface area contributed by atoms with Crippen molar-refractivity contribution in [2.24, 2.45) is 11.8 Å². The van der Waals surface area contributed by atoms with Crippen LogP contribution in [0.15, 0.2) is 48.8 Å². The normalized spacial score (nSPS) is 25.0. The van der Waals surface area contributed by atoms with Gasteiger partial charge in [-0.25, -0.2) is 4.98 Å². The van der Waals surface area contributed by atoms with Gasteiger partial charge in [-0.05, 0) is 11.6 Å². The van der Waals surface area contributed by atoms with Gasteiger partial charge in [0, 0.05) is 44.6 Å². The smallest absolute Gasteiger partial charge is 0.219 e. The quantitative estimate of drug-likeness (QED) is 0.774. The molecule has 0 radical (unpaired) electrons. The molecule has 3 atom stereocenters. The molecule has 6 heteroatoms. The summed E-state index contributed by atoms with van der Waals surface area (Å²) in [5.74, 6) is 2.04. The van der Waals surface area contributed by atoms with E-state index in [1.165, 1.54) is 5.56 Å². The van der Waals surface area contributed by atoms with E-state index >= 15 is 0 Å². The lowest BCUT2D eigenvalue weighted by Crippen LogP contribution is -2.34. The number of likely N-dealkylation sites (tertiary alicyclic amines) is 1. The molecule has 6 nitrogen and oxygen atoms in total. The number of hydrogen-bond acceptors (Lipinski definition) is 4. The van der Waals surface area contributed by atoms with Crippen LogP contribution in [0.4, 0.5) is 5.82 Å². The molecule has 0 aliphatic carbocycles. The molecule has 3 aromatic rings. The maximum Gasteiger partial charge on any atom is 0.219 e. The Morgan fingerprint density at radius 3 is 2.81 bits per heavy atom. The Bertz CT molecular complexity index is 953. The lowest BCUT2D eigenvalue weighted by molar-refractivity contribution is -0.130. The molecule has 2 saturated heterocycles. The van der Waals surface area contributed by atoms with Gasteiger partial charge in [-0.3, -0.25) is 9.89 Å². The highest BCUT2D eigenvalue weighted by Crippen LogP contribution is 2.46. The number of H-pyrrole nitrogens is 1. The van der Waals surface area contributed by atoms with Crippen molar-refractivity contribution in [3.63, 3.8) is 0 Å². The Balaban J connectivity index is 1.49. The van der Waals surface area contributed by atoms with Crippen LogP contribution < -0.4 is 4.90 Å². The number of hydrogen-bond donors (Lipinski definition) is 1. The van der Waals surface area contributed by atoms with E-state index in [9.17, 15) is 4.79 Å². The molecule has 2 aliphatic heterocycles. The van der Waals surface area contributed by atoms with Crippen molar-refractivity contribution in [2.75, 3.05) is 24.5 Å². The fourth-order valence-electron chi connectivity index (χ4n) is 4.72. The van der Waals surface area contributed by atoms with Gasteiger partial charge in [0.05, 0.1) is 23.1 Å². The highest BCUT2D eigenvalue weighted by molar-refractivity contribution is 5.89. The van der Waals surface area contributed by atoms with Crippen molar-refractivity contribution in [3.8, 4) is 0 Å². The number of aromatic nitrogens is 3. The second kappa shape index (κ2) is 5.83. The second-order valence-electron chi connectivity index (χ2n) is 7.32. The van der Waals surface area contributed by atoms with Gasteiger partial charge in [0.1, 0.15) is 5.82 Å². The van der Waals surface area contributed by atoms with E-state index in [0.29, 0.717) is 11.8 Å². The first kappa shape index (κ1) is 15.4. The maximum absolute atomic E-state index is 12.2. The fourth-order valence-corrected chi connectivity index (χ4v) is 4.72. The standard InChI is InChI=1S/C20H21N5O/c1-13(26)25-11-15-10-24(20-16-9-22-23-18(16)7-8-21-20)12-17(15)19(25)14-5-3-2-4-6-14/h2-9,15,17,19H,10-12H2,1H3,(H,22,23)/t15-,17-,19-/m1/s1. The van der Waals surface area contributed by atoms with Crippen molar-refractivity contribution in [2.45, 2.75) is 13.0 Å². The first-order valence-corrected chi connectivity index (χ1v) is 9.07. The predicted molar refractivity (Wildman–Crippen MR) is 99.7 cm³/mol. The first-order chi connectivity index (χ1) is 12.7.